The van der Waals surface area contributed by atoms with Gasteiger partial charge in [0.2, 0.25) is 0 Å². The van der Waals surface area contributed by atoms with E-state index in [0.717, 1.165) is 0 Å². The van der Waals surface area contributed by atoms with Crippen LogP contribution in [0.15, 0.2) is 0 Å². The fraction of sp³-hybridized carbons (Fsp3) is 0.875. The first-order valence-electron chi connectivity index (χ1n) is 3.77. The van der Waals surface area contributed by atoms with Crippen LogP contribution in [0.1, 0.15) is 20.8 Å². The minimum Gasteiger partial charge on any atom is -0.463 e. The molecule has 0 N–H and O–H groups in total. The Morgan fingerprint density at radius 1 is 1.36 bits per heavy atom. The molecule has 0 aromatic carbocycles. The molecule has 11 heavy (non-hydrogen) atoms. The lowest BCUT2D eigenvalue weighted by Gasteiger charge is -2.11. The van der Waals surface area contributed by atoms with Crippen molar-refractivity contribution in [2.45, 2.75) is 26.9 Å². The number of hydrogen-bond acceptors (Lipinski definition) is 3. The van der Waals surface area contributed by atoms with E-state index in [4.69, 9.17) is 9.47 Å². The highest BCUT2D eigenvalue weighted by Crippen LogP contribution is 1.97. The largest absolute Gasteiger partial charge is 0.463 e. The Hall–Kier alpha value is -0.570. The highest BCUT2D eigenvalue weighted by molar-refractivity contribution is 5.71. The third-order valence-electron chi connectivity index (χ3n) is 1.33. The fourth-order valence-electron chi connectivity index (χ4n) is 0.434. The number of carbonyl (C=O) groups is 1. The van der Waals surface area contributed by atoms with E-state index < -0.39 is 0 Å². The van der Waals surface area contributed by atoms with Gasteiger partial charge < -0.3 is 9.47 Å². The van der Waals surface area contributed by atoms with Crippen molar-refractivity contribution in [1.82, 2.24) is 0 Å². The molecule has 0 aromatic heterocycles. The lowest BCUT2D eigenvalue weighted by atomic mass is 10.2. The Kier molecular flexibility index (Phi) is 4.86. The first-order valence-corrected chi connectivity index (χ1v) is 3.77. The first-order chi connectivity index (χ1) is 5.07. The van der Waals surface area contributed by atoms with Gasteiger partial charge >= 0.3 is 5.97 Å². The molecule has 0 heterocycles. The zero-order valence-corrected chi connectivity index (χ0v) is 7.59. The van der Waals surface area contributed by atoms with Gasteiger partial charge in [0.05, 0.1) is 12.0 Å². The van der Waals surface area contributed by atoms with Crippen molar-refractivity contribution in [2.24, 2.45) is 5.92 Å². The van der Waals surface area contributed by atoms with Crippen LogP contribution in [0.2, 0.25) is 0 Å². The van der Waals surface area contributed by atoms with Crippen LogP contribution in [-0.2, 0) is 14.3 Å². The van der Waals surface area contributed by atoms with Crippen LogP contribution >= 0.6 is 0 Å². The van der Waals surface area contributed by atoms with E-state index in [1.54, 1.807) is 21.0 Å². The average Bonchev–Trinajstić information content (AvgIpc) is 1.99. The Morgan fingerprint density at radius 3 is 2.27 bits per heavy atom. The molecule has 0 aromatic rings. The molecule has 0 fully saturated rings. The van der Waals surface area contributed by atoms with Crippen LogP contribution < -0.4 is 0 Å². The summed E-state index contributed by atoms with van der Waals surface area (Å²) < 4.78 is 9.80. The van der Waals surface area contributed by atoms with Gasteiger partial charge in [-0.25, -0.2) is 0 Å². The monoisotopic (exact) mass is 160 g/mol. The summed E-state index contributed by atoms with van der Waals surface area (Å²) in [5, 5.41) is 0. The highest BCUT2D eigenvalue weighted by Gasteiger charge is 2.09. The van der Waals surface area contributed by atoms with Gasteiger partial charge in [0, 0.05) is 7.11 Å². The van der Waals surface area contributed by atoms with E-state index in [9.17, 15) is 4.79 Å². The van der Waals surface area contributed by atoms with Crippen molar-refractivity contribution in [1.29, 1.82) is 0 Å². The summed E-state index contributed by atoms with van der Waals surface area (Å²) in [6.07, 6.45) is -0.0160. The summed E-state index contributed by atoms with van der Waals surface area (Å²) >= 11 is 0. The quantitative estimate of drug-likeness (QED) is 0.580. The molecule has 0 spiro atoms. The molecule has 3 heteroatoms. The molecule has 0 aliphatic rings. The van der Waals surface area contributed by atoms with Gasteiger partial charge in [0.25, 0.3) is 0 Å². The molecule has 0 rings (SSSR count). The minimum atomic E-state index is -0.172. The zero-order chi connectivity index (χ0) is 8.85. The first kappa shape index (κ1) is 10.4. The standard InChI is InChI=1S/C8H16O3/c1-6(2)8(9)11-5-7(3)10-4/h6-7H,5H2,1-4H3/t7-/m0/s1. The van der Waals surface area contributed by atoms with Gasteiger partial charge in [-0.2, -0.15) is 0 Å². The van der Waals surface area contributed by atoms with Crippen LogP contribution in [0.5, 0.6) is 0 Å². The van der Waals surface area contributed by atoms with Crippen LogP contribution in [0.25, 0.3) is 0 Å². The van der Waals surface area contributed by atoms with Crippen molar-refractivity contribution in [3.05, 3.63) is 0 Å². The van der Waals surface area contributed by atoms with Gasteiger partial charge in [0.1, 0.15) is 6.61 Å². The van der Waals surface area contributed by atoms with Crippen molar-refractivity contribution in [3.8, 4) is 0 Å². The van der Waals surface area contributed by atoms with E-state index in [1.807, 2.05) is 6.92 Å². The molecule has 0 saturated heterocycles. The van der Waals surface area contributed by atoms with Crippen molar-refractivity contribution >= 4 is 5.97 Å². The van der Waals surface area contributed by atoms with Crippen molar-refractivity contribution < 1.29 is 14.3 Å². The maximum atomic E-state index is 10.9. The minimum absolute atomic E-state index is 0.0160. The summed E-state index contributed by atoms with van der Waals surface area (Å²) in [6, 6.07) is 0. The maximum Gasteiger partial charge on any atom is 0.308 e. The Balaban J connectivity index is 3.46. The second-order valence-electron chi connectivity index (χ2n) is 2.83. The van der Waals surface area contributed by atoms with E-state index in [-0.39, 0.29) is 18.0 Å². The molecule has 1 atom stereocenters. The molecule has 0 aliphatic carbocycles. The van der Waals surface area contributed by atoms with Crippen LogP contribution in [-0.4, -0.2) is 25.8 Å². The van der Waals surface area contributed by atoms with Crippen LogP contribution in [0, 0.1) is 5.92 Å². The Morgan fingerprint density at radius 2 is 1.91 bits per heavy atom. The lowest BCUT2D eigenvalue weighted by molar-refractivity contribution is -0.150. The topological polar surface area (TPSA) is 35.5 Å². The average molecular weight is 160 g/mol. The molecular weight excluding hydrogens is 144 g/mol. The summed E-state index contributed by atoms with van der Waals surface area (Å²) in [6.45, 7) is 5.81. The molecule has 3 nitrogen and oxygen atoms in total. The number of carbonyl (C=O) groups excluding carboxylic acids is 1. The third kappa shape index (κ3) is 4.79. The lowest BCUT2D eigenvalue weighted by Crippen LogP contribution is -2.20. The Labute approximate surface area is 67.7 Å². The van der Waals surface area contributed by atoms with Crippen LogP contribution in [0.3, 0.4) is 0 Å². The second-order valence-corrected chi connectivity index (χ2v) is 2.83. The summed E-state index contributed by atoms with van der Waals surface area (Å²) in [5.74, 6) is -0.229. The number of ether oxygens (including phenoxy) is 2. The van der Waals surface area contributed by atoms with E-state index in [1.165, 1.54) is 0 Å². The SMILES string of the molecule is CO[C@@H](C)COC(=O)C(C)C. The molecule has 0 saturated carbocycles. The number of methoxy groups -OCH3 is 1. The fourth-order valence-corrected chi connectivity index (χ4v) is 0.434. The predicted octanol–water partition coefficient (Wildman–Crippen LogP) is 1.22. The molecule has 0 radical (unpaired) electrons. The predicted molar refractivity (Wildman–Crippen MR) is 42.3 cm³/mol. The van der Waals surface area contributed by atoms with Gasteiger partial charge in [-0.05, 0) is 6.92 Å². The van der Waals surface area contributed by atoms with Gasteiger partial charge in [-0.15, -0.1) is 0 Å². The number of rotatable bonds is 4. The zero-order valence-electron chi connectivity index (χ0n) is 7.59. The number of esters is 1. The highest BCUT2D eigenvalue weighted by atomic mass is 16.6. The summed E-state index contributed by atoms with van der Waals surface area (Å²) in [4.78, 5) is 10.9. The number of hydrogen-bond donors (Lipinski definition) is 0. The van der Waals surface area contributed by atoms with Gasteiger partial charge in [0.15, 0.2) is 0 Å². The summed E-state index contributed by atoms with van der Waals surface area (Å²) in [7, 11) is 1.59. The second kappa shape index (κ2) is 5.13. The normalized spacial score (nSPS) is 13.2. The molecule has 0 bridgehead atoms. The summed E-state index contributed by atoms with van der Waals surface area (Å²) in [5.41, 5.74) is 0. The van der Waals surface area contributed by atoms with Gasteiger partial charge in [-0.1, -0.05) is 13.8 Å². The molecule has 0 aliphatic heterocycles. The molecule has 66 valence electrons. The van der Waals surface area contributed by atoms with Crippen LogP contribution in [0.4, 0.5) is 0 Å². The van der Waals surface area contributed by atoms with E-state index in [2.05, 4.69) is 0 Å². The third-order valence-corrected chi connectivity index (χ3v) is 1.33. The molecule has 0 unspecified atom stereocenters. The smallest absolute Gasteiger partial charge is 0.308 e. The maximum absolute atomic E-state index is 10.9. The van der Waals surface area contributed by atoms with E-state index >= 15 is 0 Å². The Bertz CT molecular complexity index is 121. The van der Waals surface area contributed by atoms with Gasteiger partial charge in [-0.3, -0.25) is 4.79 Å². The molecular formula is C8H16O3. The molecule has 0 amide bonds. The van der Waals surface area contributed by atoms with Crippen molar-refractivity contribution in [2.75, 3.05) is 13.7 Å². The van der Waals surface area contributed by atoms with Crippen molar-refractivity contribution in [3.63, 3.8) is 0 Å². The van der Waals surface area contributed by atoms with E-state index in [0.29, 0.717) is 6.61 Å².